The molecule has 1 atom stereocenters. The fourth-order valence-corrected chi connectivity index (χ4v) is 4.20. The molecule has 0 fully saturated rings. The van der Waals surface area contributed by atoms with E-state index in [1.165, 1.54) is 11.0 Å². The number of aromatic nitrogens is 6. The predicted molar refractivity (Wildman–Crippen MR) is 131 cm³/mol. The summed E-state index contributed by atoms with van der Waals surface area (Å²) in [5.74, 6) is 0.396. The summed E-state index contributed by atoms with van der Waals surface area (Å²) in [6, 6.07) is 5.91. The zero-order chi connectivity index (χ0) is 27.9. The van der Waals surface area contributed by atoms with Crippen molar-refractivity contribution >= 4 is 17.7 Å². The summed E-state index contributed by atoms with van der Waals surface area (Å²) >= 11 is 0. The molecule has 1 N–H and O–H groups in total. The maximum Gasteiger partial charge on any atom is 0.290 e. The van der Waals surface area contributed by atoms with Gasteiger partial charge in [0.1, 0.15) is 17.3 Å². The van der Waals surface area contributed by atoms with Gasteiger partial charge in [-0.25, -0.2) is 19.3 Å². The number of benzene rings is 1. The minimum absolute atomic E-state index is 0.0680. The number of hydrogen-bond acceptors (Lipinski definition) is 7. The van der Waals surface area contributed by atoms with Crippen molar-refractivity contribution in [1.29, 1.82) is 0 Å². The Balaban J connectivity index is 1.47. The predicted octanol–water partition coefficient (Wildman–Crippen LogP) is 3.24. The van der Waals surface area contributed by atoms with Crippen molar-refractivity contribution < 1.29 is 18.0 Å². The van der Waals surface area contributed by atoms with Crippen LogP contribution in [0.25, 0.3) is 11.4 Å². The first-order chi connectivity index (χ1) is 18.5. The third kappa shape index (κ3) is 4.44. The first kappa shape index (κ1) is 20.1. The summed E-state index contributed by atoms with van der Waals surface area (Å²) in [4.78, 5) is 28.7. The summed E-state index contributed by atoms with van der Waals surface area (Å²) in [5.41, 5.74) is 2.81. The van der Waals surface area contributed by atoms with E-state index in [4.69, 9.17) is 8.85 Å². The molecule has 0 aliphatic carbocycles. The molecule has 0 saturated heterocycles. The second-order valence-electron chi connectivity index (χ2n) is 8.77. The van der Waals surface area contributed by atoms with E-state index >= 15 is 0 Å². The molecule has 0 bridgehead atoms. The van der Waals surface area contributed by atoms with E-state index in [0.29, 0.717) is 34.3 Å². The highest BCUT2D eigenvalue weighted by atomic mass is 19.1. The SMILES string of the molecule is [2H]C([2H])([2H])OCC1Cn2cc(-c3nc(Nc4ccnn4C)ncc3C)nc2C(=O)N1Cc1ccc(C)c(F)c1. The Labute approximate surface area is 212 Å². The third-order valence-corrected chi connectivity index (χ3v) is 6.22. The number of aryl methyl sites for hydroxylation is 3. The number of amides is 1. The van der Waals surface area contributed by atoms with E-state index < -0.39 is 19.0 Å². The second-order valence-corrected chi connectivity index (χ2v) is 8.77. The number of anilines is 2. The van der Waals surface area contributed by atoms with Crippen LogP contribution in [0.1, 0.15) is 31.4 Å². The summed E-state index contributed by atoms with van der Waals surface area (Å²) < 4.78 is 45.0. The van der Waals surface area contributed by atoms with E-state index in [0.717, 1.165) is 5.56 Å². The number of halogens is 1. The number of fused-ring (bicyclic) bond motifs is 1. The second kappa shape index (κ2) is 9.50. The van der Waals surface area contributed by atoms with Crippen molar-refractivity contribution in [3.8, 4) is 11.4 Å². The van der Waals surface area contributed by atoms with Gasteiger partial charge in [0.05, 0.1) is 28.7 Å². The summed E-state index contributed by atoms with van der Waals surface area (Å²) in [5, 5.41) is 7.23. The van der Waals surface area contributed by atoms with Gasteiger partial charge in [0, 0.05) is 45.6 Å². The van der Waals surface area contributed by atoms with Gasteiger partial charge in [0.2, 0.25) is 5.95 Å². The number of nitrogens with zero attached hydrogens (tertiary/aromatic N) is 7. The fraction of sp³-hybridized carbons (Fsp3) is 0.320. The number of carbonyl (C=O) groups is 1. The number of imidazole rings is 1. The lowest BCUT2D eigenvalue weighted by Gasteiger charge is -2.35. The molecule has 1 aliphatic heterocycles. The van der Waals surface area contributed by atoms with Crippen LogP contribution in [0.3, 0.4) is 0 Å². The molecule has 0 spiro atoms. The van der Waals surface area contributed by atoms with Gasteiger partial charge in [-0.3, -0.25) is 9.48 Å². The van der Waals surface area contributed by atoms with Gasteiger partial charge in [-0.2, -0.15) is 5.10 Å². The van der Waals surface area contributed by atoms with Gasteiger partial charge in [-0.1, -0.05) is 12.1 Å². The van der Waals surface area contributed by atoms with Gasteiger partial charge in [-0.05, 0) is 36.6 Å². The zero-order valence-corrected chi connectivity index (χ0v) is 20.1. The molecule has 0 radical (unpaired) electrons. The number of methoxy groups -OCH3 is 1. The highest BCUT2D eigenvalue weighted by molar-refractivity contribution is 5.92. The maximum absolute atomic E-state index is 14.2. The summed E-state index contributed by atoms with van der Waals surface area (Å²) in [6.07, 6.45) is 5.02. The zero-order valence-electron chi connectivity index (χ0n) is 23.1. The van der Waals surface area contributed by atoms with Crippen molar-refractivity contribution in [2.45, 2.75) is 33.0 Å². The maximum atomic E-state index is 14.2. The number of ether oxygens (including phenoxy) is 1. The molecular formula is C25H27FN8O2. The highest BCUT2D eigenvalue weighted by Gasteiger charge is 2.35. The molecule has 5 rings (SSSR count). The number of rotatable bonds is 7. The standard InChI is InChI=1S/C25H27FN8O2/c1-15-5-6-17(9-19(15)26)11-34-18(14-36-4)12-33-13-20(29-23(33)24(34)35)22-16(2)10-27-25(31-22)30-21-7-8-28-32(21)3/h5-10,13,18H,11-12,14H2,1-4H3,(H,27,30,31)/i4D3. The van der Waals surface area contributed by atoms with E-state index in [9.17, 15) is 9.18 Å². The first-order valence-corrected chi connectivity index (χ1v) is 11.3. The minimum Gasteiger partial charge on any atom is -0.382 e. The van der Waals surface area contributed by atoms with Gasteiger partial charge in [0.25, 0.3) is 5.91 Å². The molecule has 1 aliphatic rings. The molecule has 3 aromatic heterocycles. The molecule has 1 aromatic carbocycles. The Morgan fingerprint density at radius 2 is 2.11 bits per heavy atom. The molecule has 1 unspecified atom stereocenters. The molecule has 10 nitrogen and oxygen atoms in total. The average molecular weight is 494 g/mol. The van der Waals surface area contributed by atoms with Gasteiger partial charge in [0.15, 0.2) is 5.82 Å². The molecule has 11 heteroatoms. The fourth-order valence-electron chi connectivity index (χ4n) is 4.20. The summed E-state index contributed by atoms with van der Waals surface area (Å²) in [6.45, 7) is 3.58. The van der Waals surface area contributed by atoms with Crippen molar-refractivity contribution in [2.24, 2.45) is 7.05 Å². The van der Waals surface area contributed by atoms with Crippen LogP contribution in [0.15, 0.2) is 42.9 Å². The van der Waals surface area contributed by atoms with Crippen molar-refractivity contribution in [2.75, 3.05) is 19.0 Å². The minimum atomic E-state index is -2.62. The van der Waals surface area contributed by atoms with Crippen LogP contribution >= 0.6 is 0 Å². The number of hydrogen-bond donors (Lipinski definition) is 1. The Bertz CT molecular complexity index is 1530. The Morgan fingerprint density at radius 3 is 2.86 bits per heavy atom. The molecular weight excluding hydrogens is 463 g/mol. The van der Waals surface area contributed by atoms with Crippen LogP contribution in [0.5, 0.6) is 0 Å². The normalized spacial score (nSPS) is 16.9. The lowest BCUT2D eigenvalue weighted by Crippen LogP contribution is -2.49. The van der Waals surface area contributed by atoms with Crippen LogP contribution < -0.4 is 5.32 Å². The Kier molecular flexibility index (Phi) is 5.31. The largest absolute Gasteiger partial charge is 0.382 e. The monoisotopic (exact) mass is 493 g/mol. The molecule has 186 valence electrons. The third-order valence-electron chi connectivity index (χ3n) is 6.22. The summed E-state index contributed by atoms with van der Waals surface area (Å²) in [7, 11) is -0.837. The Morgan fingerprint density at radius 1 is 1.25 bits per heavy atom. The van der Waals surface area contributed by atoms with Crippen LogP contribution in [-0.4, -0.2) is 59.8 Å². The van der Waals surface area contributed by atoms with Gasteiger partial charge >= 0.3 is 0 Å². The molecule has 36 heavy (non-hydrogen) atoms. The first-order valence-electron chi connectivity index (χ1n) is 12.8. The lowest BCUT2D eigenvalue weighted by atomic mass is 10.1. The van der Waals surface area contributed by atoms with E-state index in [2.05, 4.69) is 25.4 Å². The molecule has 4 aromatic rings. The Hall–Kier alpha value is -4.12. The smallest absolute Gasteiger partial charge is 0.290 e. The van der Waals surface area contributed by atoms with E-state index in [1.807, 2.05) is 6.92 Å². The van der Waals surface area contributed by atoms with Crippen molar-refractivity contribution in [3.05, 3.63) is 71.2 Å². The molecule has 0 saturated carbocycles. The van der Waals surface area contributed by atoms with Crippen LogP contribution in [0, 0.1) is 19.7 Å². The average Bonchev–Trinajstić information content (AvgIpc) is 3.49. The number of nitrogens with one attached hydrogen (secondary N) is 1. The number of carbonyl (C=O) groups excluding carboxylic acids is 1. The van der Waals surface area contributed by atoms with E-state index in [1.54, 1.807) is 60.0 Å². The lowest BCUT2D eigenvalue weighted by molar-refractivity contribution is 0.0380. The van der Waals surface area contributed by atoms with Crippen molar-refractivity contribution in [1.82, 2.24) is 34.2 Å². The highest BCUT2D eigenvalue weighted by Crippen LogP contribution is 2.27. The quantitative estimate of drug-likeness (QED) is 0.422. The molecule has 4 heterocycles. The topological polar surface area (TPSA) is 103 Å². The molecule has 1 amide bonds. The van der Waals surface area contributed by atoms with Crippen LogP contribution in [-0.2, 0) is 24.9 Å². The van der Waals surface area contributed by atoms with Crippen molar-refractivity contribution in [3.63, 3.8) is 0 Å². The van der Waals surface area contributed by atoms with Crippen LogP contribution in [0.2, 0.25) is 0 Å². The van der Waals surface area contributed by atoms with Gasteiger partial charge < -0.3 is 19.5 Å². The van der Waals surface area contributed by atoms with Gasteiger partial charge in [-0.15, -0.1) is 0 Å². The van der Waals surface area contributed by atoms with Crippen LogP contribution in [0.4, 0.5) is 16.2 Å². The van der Waals surface area contributed by atoms with E-state index in [-0.39, 0.29) is 31.3 Å².